The highest BCUT2D eigenvalue weighted by Gasteiger charge is 2.24. The van der Waals surface area contributed by atoms with Crippen molar-refractivity contribution < 1.29 is 9.59 Å². The van der Waals surface area contributed by atoms with E-state index in [2.05, 4.69) is 10.3 Å². The van der Waals surface area contributed by atoms with Gasteiger partial charge in [0.2, 0.25) is 0 Å². The summed E-state index contributed by atoms with van der Waals surface area (Å²) in [7, 11) is 0. The third-order valence-corrected chi connectivity index (χ3v) is 4.42. The molecule has 0 aliphatic carbocycles. The van der Waals surface area contributed by atoms with Gasteiger partial charge in [0.25, 0.3) is 11.8 Å². The van der Waals surface area contributed by atoms with Crippen LogP contribution in [0.1, 0.15) is 15.2 Å². The van der Waals surface area contributed by atoms with Gasteiger partial charge in [0.15, 0.2) is 5.17 Å². The van der Waals surface area contributed by atoms with E-state index in [9.17, 15) is 9.59 Å². The zero-order valence-electron chi connectivity index (χ0n) is 10.8. The van der Waals surface area contributed by atoms with Gasteiger partial charge < -0.3 is 5.32 Å². The number of carbonyl (C=O) groups is 2. The Bertz CT molecular complexity index is 734. The zero-order valence-corrected chi connectivity index (χ0v) is 12.4. The number of hydrogen-bond acceptors (Lipinski definition) is 4. The van der Waals surface area contributed by atoms with Gasteiger partial charge in [-0.2, -0.15) is 4.99 Å². The first-order chi connectivity index (χ1) is 10.2. The average Bonchev–Trinajstić information content (AvgIpc) is 3.11. The van der Waals surface area contributed by atoms with Gasteiger partial charge in [0.05, 0.1) is 4.91 Å². The van der Waals surface area contributed by atoms with Crippen molar-refractivity contribution in [1.82, 2.24) is 5.32 Å². The maximum absolute atomic E-state index is 12.0. The van der Waals surface area contributed by atoms with Crippen LogP contribution in [0, 0.1) is 0 Å². The van der Waals surface area contributed by atoms with Crippen molar-refractivity contribution in [2.75, 3.05) is 0 Å². The molecular formula is C15H10N2O2S2. The molecule has 6 heteroatoms. The molecule has 1 aliphatic rings. The molecule has 1 aliphatic heterocycles. The Balaban J connectivity index is 1.78. The van der Waals surface area contributed by atoms with Crippen LogP contribution in [-0.4, -0.2) is 17.0 Å². The van der Waals surface area contributed by atoms with E-state index in [1.165, 1.54) is 11.8 Å². The van der Waals surface area contributed by atoms with E-state index in [0.29, 0.717) is 15.6 Å². The monoisotopic (exact) mass is 314 g/mol. The molecular weight excluding hydrogens is 304 g/mol. The number of carbonyl (C=O) groups excluding carboxylic acids is 2. The molecule has 1 N–H and O–H groups in total. The Morgan fingerprint density at radius 2 is 1.95 bits per heavy atom. The fraction of sp³-hybridized carbons (Fsp3) is 0. The maximum Gasteiger partial charge on any atom is 0.279 e. The Labute approximate surface area is 129 Å². The van der Waals surface area contributed by atoms with Crippen LogP contribution in [0.15, 0.2) is 57.7 Å². The Morgan fingerprint density at radius 1 is 1.14 bits per heavy atom. The third-order valence-electron chi connectivity index (χ3n) is 2.69. The molecule has 2 amide bonds. The molecule has 1 aromatic heterocycles. The SMILES string of the molecule is O=C1NC(=NC(=O)c2ccccc2)S/C1=C\c1cccs1. The summed E-state index contributed by atoms with van der Waals surface area (Å²) in [4.78, 5) is 29.3. The normalized spacial score (nSPS) is 18.2. The summed E-state index contributed by atoms with van der Waals surface area (Å²) in [5.74, 6) is -0.594. The molecule has 0 radical (unpaired) electrons. The van der Waals surface area contributed by atoms with E-state index in [4.69, 9.17) is 0 Å². The highest BCUT2D eigenvalue weighted by atomic mass is 32.2. The lowest BCUT2D eigenvalue weighted by Crippen LogP contribution is -2.20. The summed E-state index contributed by atoms with van der Waals surface area (Å²) in [5, 5.41) is 4.87. The molecule has 1 aromatic carbocycles. The Hall–Kier alpha value is -2.18. The molecule has 0 bridgehead atoms. The summed E-state index contributed by atoms with van der Waals surface area (Å²) in [6.45, 7) is 0. The minimum absolute atomic E-state index is 0.229. The summed E-state index contributed by atoms with van der Waals surface area (Å²) in [6, 6.07) is 12.6. The number of nitrogens with zero attached hydrogens (tertiary/aromatic N) is 1. The molecule has 0 unspecified atom stereocenters. The van der Waals surface area contributed by atoms with Gasteiger partial charge in [-0.3, -0.25) is 9.59 Å². The highest BCUT2D eigenvalue weighted by Crippen LogP contribution is 2.27. The van der Waals surface area contributed by atoms with Gasteiger partial charge in [0, 0.05) is 10.4 Å². The van der Waals surface area contributed by atoms with E-state index >= 15 is 0 Å². The largest absolute Gasteiger partial charge is 0.300 e. The molecule has 2 heterocycles. The van der Waals surface area contributed by atoms with Crippen LogP contribution in [0.2, 0.25) is 0 Å². The van der Waals surface area contributed by atoms with Crippen LogP contribution < -0.4 is 5.32 Å². The number of benzene rings is 1. The van der Waals surface area contributed by atoms with E-state index in [1.807, 2.05) is 23.6 Å². The predicted octanol–water partition coefficient (Wildman–Crippen LogP) is 3.15. The van der Waals surface area contributed by atoms with Crippen molar-refractivity contribution in [3.63, 3.8) is 0 Å². The van der Waals surface area contributed by atoms with Crippen LogP contribution in [-0.2, 0) is 4.79 Å². The number of nitrogens with one attached hydrogen (secondary N) is 1. The first-order valence-electron chi connectivity index (χ1n) is 6.15. The summed E-state index contributed by atoms with van der Waals surface area (Å²) in [6.07, 6.45) is 1.79. The van der Waals surface area contributed by atoms with Crippen LogP contribution in [0.4, 0.5) is 0 Å². The van der Waals surface area contributed by atoms with Gasteiger partial charge in [-0.1, -0.05) is 24.3 Å². The lowest BCUT2D eigenvalue weighted by Gasteiger charge is -1.95. The molecule has 0 spiro atoms. The van der Waals surface area contributed by atoms with Crippen molar-refractivity contribution in [2.45, 2.75) is 0 Å². The van der Waals surface area contributed by atoms with Crippen LogP contribution in [0.3, 0.4) is 0 Å². The number of rotatable bonds is 2. The number of thiophene rings is 1. The Morgan fingerprint density at radius 3 is 2.67 bits per heavy atom. The van der Waals surface area contributed by atoms with E-state index in [0.717, 1.165) is 4.88 Å². The van der Waals surface area contributed by atoms with Crippen LogP contribution in [0.25, 0.3) is 6.08 Å². The van der Waals surface area contributed by atoms with Crippen LogP contribution >= 0.6 is 23.1 Å². The molecule has 4 nitrogen and oxygen atoms in total. The van der Waals surface area contributed by atoms with Gasteiger partial charge in [-0.25, -0.2) is 0 Å². The average molecular weight is 314 g/mol. The molecule has 1 saturated heterocycles. The van der Waals surface area contributed by atoms with Crippen molar-refractivity contribution in [2.24, 2.45) is 4.99 Å². The van der Waals surface area contributed by atoms with Crippen molar-refractivity contribution in [3.05, 3.63) is 63.2 Å². The number of amides is 2. The number of aliphatic imine (C=N–C) groups is 1. The number of hydrogen-bond donors (Lipinski definition) is 1. The fourth-order valence-corrected chi connectivity index (χ4v) is 3.26. The Kier molecular flexibility index (Phi) is 3.98. The highest BCUT2D eigenvalue weighted by molar-refractivity contribution is 8.18. The molecule has 104 valence electrons. The molecule has 0 atom stereocenters. The summed E-state index contributed by atoms with van der Waals surface area (Å²) in [5.41, 5.74) is 0.496. The van der Waals surface area contributed by atoms with Gasteiger partial charge in [-0.05, 0) is 41.4 Å². The standard InChI is InChI=1S/C15H10N2O2S2/c18-13(10-5-2-1-3-6-10)16-15-17-14(19)12(21-15)9-11-7-4-8-20-11/h1-9H,(H,16,17,18,19)/b12-9-. The van der Waals surface area contributed by atoms with E-state index in [-0.39, 0.29) is 11.8 Å². The van der Waals surface area contributed by atoms with Gasteiger partial charge in [-0.15, -0.1) is 11.3 Å². The second kappa shape index (κ2) is 6.07. The first kappa shape index (κ1) is 13.8. The predicted molar refractivity (Wildman–Crippen MR) is 86.2 cm³/mol. The summed E-state index contributed by atoms with van der Waals surface area (Å²) >= 11 is 2.72. The maximum atomic E-state index is 12.0. The van der Waals surface area contributed by atoms with Crippen molar-refractivity contribution in [1.29, 1.82) is 0 Å². The topological polar surface area (TPSA) is 58.5 Å². The second-order valence-corrected chi connectivity index (χ2v) is 6.18. The van der Waals surface area contributed by atoms with Gasteiger partial charge >= 0.3 is 0 Å². The zero-order chi connectivity index (χ0) is 14.7. The van der Waals surface area contributed by atoms with Gasteiger partial charge in [0.1, 0.15) is 0 Å². The quantitative estimate of drug-likeness (QED) is 0.866. The van der Waals surface area contributed by atoms with E-state index < -0.39 is 0 Å². The fourth-order valence-electron chi connectivity index (χ4n) is 1.72. The van der Waals surface area contributed by atoms with Crippen molar-refractivity contribution >= 4 is 46.2 Å². The minimum Gasteiger partial charge on any atom is -0.300 e. The smallest absolute Gasteiger partial charge is 0.279 e. The number of thioether (sulfide) groups is 1. The molecule has 1 fully saturated rings. The summed E-state index contributed by atoms with van der Waals surface area (Å²) < 4.78 is 0. The lowest BCUT2D eigenvalue weighted by atomic mass is 10.2. The van der Waals surface area contributed by atoms with Crippen LogP contribution in [0.5, 0.6) is 0 Å². The molecule has 0 saturated carbocycles. The third kappa shape index (κ3) is 3.29. The number of amidine groups is 1. The lowest BCUT2D eigenvalue weighted by molar-refractivity contribution is -0.115. The molecule has 2 aromatic rings. The molecule has 21 heavy (non-hydrogen) atoms. The molecule has 3 rings (SSSR count). The minimum atomic E-state index is -0.365. The van der Waals surface area contributed by atoms with E-state index in [1.54, 1.807) is 41.7 Å². The first-order valence-corrected chi connectivity index (χ1v) is 7.84. The second-order valence-electron chi connectivity index (χ2n) is 4.17. The van der Waals surface area contributed by atoms with Crippen molar-refractivity contribution in [3.8, 4) is 0 Å².